The number of phosphoric ester groups is 1. The molecule has 0 bridgehead atoms. The highest BCUT2D eigenvalue weighted by molar-refractivity contribution is 7.47. The largest absolute Gasteiger partial charge is 0.472 e. The van der Waals surface area contributed by atoms with E-state index in [0.717, 1.165) is 51.4 Å². The highest BCUT2D eigenvalue weighted by atomic mass is 31.2. The second kappa shape index (κ2) is 34.7. The lowest BCUT2D eigenvalue weighted by Crippen LogP contribution is -2.45. The third-order valence-corrected chi connectivity index (χ3v) is 10.4. The molecule has 3 N–H and O–H groups in total. The van der Waals surface area contributed by atoms with E-state index in [1.807, 2.05) is 27.2 Å². The Morgan fingerprint density at radius 2 is 1.06 bits per heavy atom. The minimum Gasteiger partial charge on any atom is -0.387 e. The predicted molar refractivity (Wildman–Crippen MR) is 217 cm³/mol. The molecule has 8 nitrogen and oxygen atoms in total. The maximum Gasteiger partial charge on any atom is 0.472 e. The maximum atomic E-state index is 12.8. The van der Waals surface area contributed by atoms with Gasteiger partial charge >= 0.3 is 7.82 Å². The first-order valence-electron chi connectivity index (χ1n) is 21.2. The third kappa shape index (κ3) is 37.1. The molecule has 0 fully saturated rings. The number of rotatable bonds is 38. The first kappa shape index (κ1) is 50.0. The molecule has 1 amide bonds. The van der Waals surface area contributed by atoms with Gasteiger partial charge in [0.15, 0.2) is 0 Å². The second-order valence-corrected chi connectivity index (χ2v) is 17.2. The van der Waals surface area contributed by atoms with Crippen molar-refractivity contribution in [2.24, 2.45) is 0 Å². The van der Waals surface area contributed by atoms with Crippen LogP contribution >= 0.6 is 7.82 Å². The molecule has 3 unspecified atom stereocenters. The van der Waals surface area contributed by atoms with Gasteiger partial charge in [0.05, 0.1) is 39.9 Å². The minimum atomic E-state index is -4.33. The van der Waals surface area contributed by atoms with Crippen LogP contribution in [0.3, 0.4) is 0 Å². The SMILES string of the molecule is CCCCCCCC/C=C\CCCCCCCC(=O)NC(COP(=O)(O)OCC[N+](C)(C)C)C(O)/C=C/CCCCCCCCCCCCCC. The number of nitrogens with zero attached hydrogens (tertiary/aromatic N) is 1. The van der Waals surface area contributed by atoms with Crippen molar-refractivity contribution in [2.75, 3.05) is 40.9 Å². The lowest BCUT2D eigenvalue weighted by molar-refractivity contribution is -0.870. The molecule has 51 heavy (non-hydrogen) atoms. The molecule has 9 heteroatoms. The van der Waals surface area contributed by atoms with E-state index in [1.54, 1.807) is 6.08 Å². The number of amides is 1. The number of phosphoric acid groups is 1. The number of aliphatic hydroxyl groups is 1. The van der Waals surface area contributed by atoms with Gasteiger partial charge in [0, 0.05) is 6.42 Å². The van der Waals surface area contributed by atoms with Crippen LogP contribution in [0.15, 0.2) is 24.3 Å². The first-order valence-corrected chi connectivity index (χ1v) is 22.7. The van der Waals surface area contributed by atoms with Crippen LogP contribution in [0.2, 0.25) is 0 Å². The number of aliphatic hydroxyl groups excluding tert-OH is 1. The molecule has 0 heterocycles. The van der Waals surface area contributed by atoms with Crippen molar-refractivity contribution in [3.05, 3.63) is 24.3 Å². The summed E-state index contributed by atoms with van der Waals surface area (Å²) in [5, 5.41) is 13.8. The first-order chi connectivity index (χ1) is 24.5. The number of likely N-dealkylation sites (N-methyl/N-ethyl adjacent to an activating group) is 1. The van der Waals surface area contributed by atoms with Crippen LogP contribution in [-0.2, 0) is 18.4 Å². The number of hydrogen-bond acceptors (Lipinski definition) is 5. The zero-order valence-corrected chi connectivity index (χ0v) is 35.0. The molecule has 0 radical (unpaired) electrons. The quantitative estimate of drug-likeness (QED) is 0.0252. The van der Waals surface area contributed by atoms with E-state index >= 15 is 0 Å². The Bertz CT molecular complexity index is 891. The number of unbranched alkanes of at least 4 members (excludes halogenated alkanes) is 23. The van der Waals surface area contributed by atoms with Crippen molar-refractivity contribution in [3.8, 4) is 0 Å². The smallest absolute Gasteiger partial charge is 0.387 e. The van der Waals surface area contributed by atoms with Crippen LogP contribution in [0.5, 0.6) is 0 Å². The van der Waals surface area contributed by atoms with Gasteiger partial charge in [0.2, 0.25) is 5.91 Å². The molecule has 0 aromatic heterocycles. The highest BCUT2D eigenvalue weighted by Gasteiger charge is 2.27. The summed E-state index contributed by atoms with van der Waals surface area (Å²) < 4.78 is 23.5. The Balaban J connectivity index is 4.48. The fourth-order valence-electron chi connectivity index (χ4n) is 5.98. The van der Waals surface area contributed by atoms with E-state index in [1.165, 1.54) is 116 Å². The van der Waals surface area contributed by atoms with E-state index in [-0.39, 0.29) is 19.1 Å². The van der Waals surface area contributed by atoms with Crippen molar-refractivity contribution >= 4 is 13.7 Å². The van der Waals surface area contributed by atoms with Gasteiger partial charge in [-0.05, 0) is 44.9 Å². The van der Waals surface area contributed by atoms with Gasteiger partial charge < -0.3 is 19.8 Å². The zero-order chi connectivity index (χ0) is 37.9. The van der Waals surface area contributed by atoms with E-state index in [2.05, 4.69) is 31.3 Å². The van der Waals surface area contributed by atoms with E-state index in [0.29, 0.717) is 17.4 Å². The highest BCUT2D eigenvalue weighted by Crippen LogP contribution is 2.43. The van der Waals surface area contributed by atoms with E-state index in [4.69, 9.17) is 9.05 Å². The van der Waals surface area contributed by atoms with Crippen LogP contribution < -0.4 is 5.32 Å². The summed E-state index contributed by atoms with van der Waals surface area (Å²) >= 11 is 0. The second-order valence-electron chi connectivity index (χ2n) is 15.7. The fourth-order valence-corrected chi connectivity index (χ4v) is 6.71. The number of carbonyl (C=O) groups excluding carboxylic acids is 1. The van der Waals surface area contributed by atoms with Crippen molar-refractivity contribution in [1.82, 2.24) is 5.32 Å². The lowest BCUT2D eigenvalue weighted by atomic mass is 10.0. The Kier molecular flexibility index (Phi) is 34.0. The van der Waals surface area contributed by atoms with E-state index in [9.17, 15) is 19.4 Å². The summed E-state index contributed by atoms with van der Waals surface area (Å²) in [5.74, 6) is -0.187. The average Bonchev–Trinajstić information content (AvgIpc) is 3.07. The van der Waals surface area contributed by atoms with Crippen molar-refractivity contribution in [2.45, 2.75) is 199 Å². The fraction of sp³-hybridized carbons (Fsp3) is 0.881. The number of hydrogen-bond donors (Lipinski definition) is 3. The van der Waals surface area contributed by atoms with Crippen molar-refractivity contribution < 1.29 is 32.9 Å². The molecule has 0 aromatic rings. The summed E-state index contributed by atoms with van der Waals surface area (Å²) in [6, 6.07) is -0.846. The van der Waals surface area contributed by atoms with E-state index < -0.39 is 20.0 Å². The topological polar surface area (TPSA) is 105 Å². The number of allylic oxidation sites excluding steroid dienone is 3. The summed E-state index contributed by atoms with van der Waals surface area (Å²) in [7, 11) is 1.57. The van der Waals surface area contributed by atoms with Crippen molar-refractivity contribution in [3.63, 3.8) is 0 Å². The minimum absolute atomic E-state index is 0.0608. The molecule has 0 spiro atoms. The molecular weight excluding hydrogens is 659 g/mol. The standard InChI is InChI=1S/C42H83N2O6P/c1-6-8-10-12-14-16-18-20-22-24-26-28-30-32-34-36-42(46)43-40(39-50-51(47,48)49-38-37-44(3,4)5)41(45)35-33-31-29-27-25-23-21-19-17-15-13-11-9-7-2/h20,22,33,35,40-41,45H,6-19,21,23-32,34,36-39H2,1-5H3,(H-,43,46,47,48)/p+1/b22-20-,35-33+. The molecule has 0 aromatic carbocycles. The molecule has 3 atom stereocenters. The number of carbonyl (C=O) groups is 1. The zero-order valence-electron chi connectivity index (χ0n) is 34.1. The van der Waals surface area contributed by atoms with Gasteiger partial charge in [-0.1, -0.05) is 160 Å². The van der Waals surface area contributed by atoms with Gasteiger partial charge in [-0.15, -0.1) is 0 Å². The Morgan fingerprint density at radius 3 is 1.51 bits per heavy atom. The third-order valence-electron chi connectivity index (χ3n) is 9.42. The molecule has 0 rings (SSSR count). The van der Waals surface area contributed by atoms with Crippen LogP contribution in [0.1, 0.15) is 187 Å². The summed E-state index contributed by atoms with van der Waals surface area (Å²) in [6.07, 6.45) is 39.5. The Labute approximate surface area is 315 Å². The molecule has 302 valence electrons. The van der Waals surface area contributed by atoms with Gasteiger partial charge in [0.1, 0.15) is 13.2 Å². The Hall–Kier alpha value is -1.02. The predicted octanol–water partition coefficient (Wildman–Crippen LogP) is 11.4. The van der Waals surface area contributed by atoms with Gasteiger partial charge in [0.25, 0.3) is 0 Å². The Morgan fingerprint density at radius 1 is 0.647 bits per heavy atom. The average molecular weight is 744 g/mol. The molecule has 0 aliphatic heterocycles. The van der Waals surface area contributed by atoms with Gasteiger partial charge in [-0.25, -0.2) is 4.57 Å². The summed E-state index contributed by atoms with van der Waals surface area (Å²) in [5.41, 5.74) is 0. The lowest BCUT2D eigenvalue weighted by Gasteiger charge is -2.25. The monoisotopic (exact) mass is 744 g/mol. The summed E-state index contributed by atoms with van der Waals surface area (Å²) in [6.45, 7) is 4.79. The normalized spacial score (nSPS) is 14.7. The molecule has 0 saturated heterocycles. The summed E-state index contributed by atoms with van der Waals surface area (Å²) in [4.78, 5) is 23.0. The number of quaternary nitrogens is 1. The molecule has 0 aliphatic rings. The van der Waals surface area contributed by atoms with Gasteiger partial charge in [-0.3, -0.25) is 13.8 Å². The maximum absolute atomic E-state index is 12.8. The van der Waals surface area contributed by atoms with Crippen LogP contribution in [0.25, 0.3) is 0 Å². The van der Waals surface area contributed by atoms with Crippen LogP contribution in [0.4, 0.5) is 0 Å². The molecular formula is C42H84N2O6P+. The number of nitrogens with one attached hydrogen (secondary N) is 1. The molecule has 0 saturated carbocycles. The van der Waals surface area contributed by atoms with Crippen molar-refractivity contribution in [1.29, 1.82) is 0 Å². The van der Waals surface area contributed by atoms with Gasteiger partial charge in [-0.2, -0.15) is 0 Å². The molecule has 0 aliphatic carbocycles. The van der Waals surface area contributed by atoms with Crippen LogP contribution in [0, 0.1) is 0 Å². The van der Waals surface area contributed by atoms with Crippen LogP contribution in [-0.4, -0.2) is 73.4 Å².